The number of hydrogen-bond donors (Lipinski definition) is 1. The van der Waals surface area contributed by atoms with E-state index in [0.717, 1.165) is 5.56 Å². The summed E-state index contributed by atoms with van der Waals surface area (Å²) in [5, 5.41) is 13.4. The van der Waals surface area contributed by atoms with Gasteiger partial charge in [0.1, 0.15) is 15.8 Å². The molecular formula is C15H10N2O4S2. The molecule has 1 aromatic carbocycles. The molecule has 0 spiro atoms. The summed E-state index contributed by atoms with van der Waals surface area (Å²) in [5.74, 6) is 0.724. The van der Waals surface area contributed by atoms with Gasteiger partial charge in [-0.05, 0) is 24.6 Å². The third kappa shape index (κ3) is 3.17. The zero-order chi connectivity index (χ0) is 16.6. The second-order valence-electron chi connectivity index (χ2n) is 4.81. The molecule has 6 nitrogen and oxygen atoms in total. The predicted molar refractivity (Wildman–Crippen MR) is 91.8 cm³/mol. The van der Waals surface area contributed by atoms with Crippen LogP contribution in [0.1, 0.15) is 11.3 Å². The first kappa shape index (κ1) is 15.4. The van der Waals surface area contributed by atoms with Crippen molar-refractivity contribution in [1.82, 2.24) is 5.32 Å². The van der Waals surface area contributed by atoms with Crippen LogP contribution in [0.25, 0.3) is 17.4 Å². The van der Waals surface area contributed by atoms with Crippen LogP contribution in [-0.2, 0) is 4.79 Å². The smallest absolute Gasteiger partial charge is 0.270 e. The molecule has 23 heavy (non-hydrogen) atoms. The molecule has 2 heterocycles. The fourth-order valence-electron chi connectivity index (χ4n) is 2.11. The van der Waals surface area contributed by atoms with Gasteiger partial charge >= 0.3 is 0 Å². The van der Waals surface area contributed by atoms with Gasteiger partial charge in [0.25, 0.3) is 11.6 Å². The van der Waals surface area contributed by atoms with Gasteiger partial charge in [-0.2, -0.15) is 0 Å². The molecule has 1 saturated heterocycles. The molecule has 1 fully saturated rings. The van der Waals surface area contributed by atoms with Crippen LogP contribution in [0.2, 0.25) is 0 Å². The van der Waals surface area contributed by atoms with E-state index in [4.69, 9.17) is 16.6 Å². The molecule has 0 unspecified atom stereocenters. The van der Waals surface area contributed by atoms with Crippen LogP contribution in [0, 0.1) is 17.0 Å². The van der Waals surface area contributed by atoms with Crippen LogP contribution in [0.3, 0.4) is 0 Å². The van der Waals surface area contributed by atoms with E-state index in [1.165, 1.54) is 23.9 Å². The van der Waals surface area contributed by atoms with Crippen LogP contribution in [0.4, 0.5) is 5.69 Å². The molecule has 0 saturated carbocycles. The Hall–Kier alpha value is -2.45. The van der Waals surface area contributed by atoms with Gasteiger partial charge in [-0.15, -0.1) is 0 Å². The third-order valence-corrected chi connectivity index (χ3v) is 4.40. The molecule has 0 atom stereocenters. The van der Waals surface area contributed by atoms with Crippen molar-refractivity contribution in [2.45, 2.75) is 6.92 Å². The Labute approximate surface area is 140 Å². The number of thiocarbonyl (C=S) groups is 1. The van der Waals surface area contributed by atoms with Crippen LogP contribution in [-0.4, -0.2) is 15.2 Å². The number of nitro benzene ring substituents is 1. The Morgan fingerprint density at radius 2 is 2.13 bits per heavy atom. The highest BCUT2D eigenvalue weighted by Crippen LogP contribution is 2.31. The Kier molecular flexibility index (Phi) is 4.01. The van der Waals surface area contributed by atoms with Crippen molar-refractivity contribution in [3.05, 3.63) is 56.7 Å². The van der Waals surface area contributed by atoms with E-state index < -0.39 is 4.92 Å². The Morgan fingerprint density at radius 1 is 1.35 bits per heavy atom. The van der Waals surface area contributed by atoms with Crippen molar-refractivity contribution in [2.75, 3.05) is 0 Å². The van der Waals surface area contributed by atoms with Crippen molar-refractivity contribution >= 4 is 46.0 Å². The summed E-state index contributed by atoms with van der Waals surface area (Å²) < 4.78 is 6.10. The second kappa shape index (κ2) is 5.98. The fraction of sp³-hybridized carbons (Fsp3) is 0.0667. The lowest BCUT2D eigenvalue weighted by Gasteiger charge is -2.02. The number of rotatable bonds is 3. The SMILES string of the molecule is Cc1ccc([N+](=O)[O-])cc1-c1ccc(/C=C2\SC(=S)NC2=O)o1. The molecule has 1 amide bonds. The average Bonchev–Trinajstić information content (AvgIpc) is 3.06. The summed E-state index contributed by atoms with van der Waals surface area (Å²) in [6, 6.07) is 8.01. The monoisotopic (exact) mass is 346 g/mol. The number of non-ortho nitro benzene ring substituents is 1. The first-order valence-corrected chi connectivity index (χ1v) is 7.76. The van der Waals surface area contributed by atoms with Gasteiger partial charge in [0, 0.05) is 23.8 Å². The minimum Gasteiger partial charge on any atom is -0.457 e. The number of carbonyl (C=O) groups excluding carboxylic acids is 1. The molecule has 1 N–H and O–H groups in total. The summed E-state index contributed by atoms with van der Waals surface area (Å²) in [6.45, 7) is 1.85. The van der Waals surface area contributed by atoms with E-state index in [0.29, 0.717) is 26.3 Å². The maximum Gasteiger partial charge on any atom is 0.270 e. The zero-order valence-electron chi connectivity index (χ0n) is 11.9. The predicted octanol–water partition coefficient (Wildman–Crippen LogP) is 3.65. The van der Waals surface area contributed by atoms with E-state index >= 15 is 0 Å². The minimum atomic E-state index is -0.449. The summed E-state index contributed by atoms with van der Waals surface area (Å²) in [4.78, 5) is 22.5. The van der Waals surface area contributed by atoms with Gasteiger partial charge in [-0.25, -0.2) is 0 Å². The number of aryl methyl sites for hydroxylation is 1. The van der Waals surface area contributed by atoms with E-state index in [-0.39, 0.29) is 11.6 Å². The number of thioether (sulfide) groups is 1. The molecule has 1 aliphatic rings. The molecule has 116 valence electrons. The van der Waals surface area contributed by atoms with E-state index in [1.54, 1.807) is 24.3 Å². The van der Waals surface area contributed by atoms with Crippen molar-refractivity contribution in [1.29, 1.82) is 0 Å². The lowest BCUT2D eigenvalue weighted by atomic mass is 10.1. The molecule has 0 radical (unpaired) electrons. The first-order chi connectivity index (χ1) is 10.9. The van der Waals surface area contributed by atoms with Crippen molar-refractivity contribution in [2.24, 2.45) is 0 Å². The van der Waals surface area contributed by atoms with Gasteiger partial charge in [0.2, 0.25) is 0 Å². The van der Waals surface area contributed by atoms with Crippen LogP contribution >= 0.6 is 24.0 Å². The highest BCUT2D eigenvalue weighted by atomic mass is 32.2. The van der Waals surface area contributed by atoms with Gasteiger partial charge in [-0.3, -0.25) is 14.9 Å². The third-order valence-electron chi connectivity index (χ3n) is 3.24. The van der Waals surface area contributed by atoms with E-state index in [2.05, 4.69) is 5.32 Å². The molecule has 2 aromatic rings. The van der Waals surface area contributed by atoms with Crippen molar-refractivity contribution < 1.29 is 14.1 Å². The number of furan rings is 1. The summed E-state index contributed by atoms with van der Waals surface area (Å²) in [5.41, 5.74) is 1.50. The van der Waals surface area contributed by atoms with Crippen molar-refractivity contribution in [3.8, 4) is 11.3 Å². The quantitative estimate of drug-likeness (QED) is 0.395. The molecular weight excluding hydrogens is 336 g/mol. The Morgan fingerprint density at radius 3 is 2.78 bits per heavy atom. The first-order valence-electron chi connectivity index (χ1n) is 6.54. The number of amides is 1. The number of nitro groups is 1. The molecule has 1 aliphatic heterocycles. The molecule has 8 heteroatoms. The van der Waals surface area contributed by atoms with Gasteiger partial charge in [-0.1, -0.05) is 30.0 Å². The number of nitrogens with zero attached hydrogens (tertiary/aromatic N) is 1. The highest BCUT2D eigenvalue weighted by Gasteiger charge is 2.22. The standard InChI is InChI=1S/C15H10N2O4S2/c1-8-2-3-9(17(19)20)6-11(8)12-5-4-10(21-12)7-13-14(18)16-15(22)23-13/h2-7H,1H3,(H,16,18,22)/b13-7-. The highest BCUT2D eigenvalue weighted by molar-refractivity contribution is 8.26. The normalized spacial score (nSPS) is 16.0. The second-order valence-corrected chi connectivity index (χ2v) is 6.53. The minimum absolute atomic E-state index is 0.00187. The van der Waals surface area contributed by atoms with E-state index in [9.17, 15) is 14.9 Å². The zero-order valence-corrected chi connectivity index (χ0v) is 13.5. The fourth-order valence-corrected chi connectivity index (χ4v) is 3.14. The summed E-state index contributed by atoms with van der Waals surface area (Å²) in [7, 11) is 0. The Bertz CT molecular complexity index is 870. The van der Waals surface area contributed by atoms with Crippen molar-refractivity contribution in [3.63, 3.8) is 0 Å². The van der Waals surface area contributed by atoms with Gasteiger partial charge in [0.15, 0.2) is 0 Å². The lowest BCUT2D eigenvalue weighted by Crippen LogP contribution is -2.17. The molecule has 1 aromatic heterocycles. The lowest BCUT2D eigenvalue weighted by molar-refractivity contribution is -0.384. The molecule has 3 rings (SSSR count). The number of hydrogen-bond acceptors (Lipinski definition) is 6. The number of nitrogens with one attached hydrogen (secondary N) is 1. The van der Waals surface area contributed by atoms with Gasteiger partial charge < -0.3 is 9.73 Å². The summed E-state index contributed by atoms with van der Waals surface area (Å²) >= 11 is 6.09. The van der Waals surface area contributed by atoms with E-state index in [1.807, 2.05) is 6.92 Å². The topological polar surface area (TPSA) is 85.4 Å². The summed E-state index contributed by atoms with van der Waals surface area (Å²) in [6.07, 6.45) is 1.59. The number of benzene rings is 1. The Balaban J connectivity index is 1.95. The number of carbonyl (C=O) groups is 1. The van der Waals surface area contributed by atoms with Crippen LogP contribution in [0.5, 0.6) is 0 Å². The van der Waals surface area contributed by atoms with Gasteiger partial charge in [0.05, 0.1) is 9.83 Å². The maximum atomic E-state index is 11.6. The average molecular weight is 346 g/mol. The molecule has 0 aliphatic carbocycles. The largest absolute Gasteiger partial charge is 0.457 e. The van der Waals surface area contributed by atoms with Crippen LogP contribution in [0.15, 0.2) is 39.7 Å². The van der Waals surface area contributed by atoms with Crippen LogP contribution < -0.4 is 5.32 Å². The molecule has 0 bridgehead atoms. The maximum absolute atomic E-state index is 11.6.